The zero-order valence-electron chi connectivity index (χ0n) is 51.9. The van der Waals surface area contributed by atoms with Gasteiger partial charge in [-0.05, 0) is 109 Å². The molecule has 0 aliphatic heterocycles. The lowest BCUT2D eigenvalue weighted by molar-refractivity contribution is -0.167. The van der Waals surface area contributed by atoms with E-state index in [1.165, 1.54) is 148 Å². The summed E-state index contributed by atoms with van der Waals surface area (Å²) in [5, 5.41) is 0. The van der Waals surface area contributed by atoms with Crippen molar-refractivity contribution >= 4 is 17.9 Å². The molecule has 452 valence electrons. The van der Waals surface area contributed by atoms with Gasteiger partial charge in [-0.15, -0.1) is 0 Å². The van der Waals surface area contributed by atoms with E-state index < -0.39 is 6.10 Å². The van der Waals surface area contributed by atoms with Crippen molar-refractivity contribution in [3.63, 3.8) is 0 Å². The third kappa shape index (κ3) is 64.8. The van der Waals surface area contributed by atoms with Gasteiger partial charge >= 0.3 is 17.9 Å². The molecule has 6 heteroatoms. The zero-order valence-corrected chi connectivity index (χ0v) is 51.9. The molecule has 0 bridgehead atoms. The summed E-state index contributed by atoms with van der Waals surface area (Å²) in [6.45, 7) is 6.51. The first kappa shape index (κ1) is 75.1. The van der Waals surface area contributed by atoms with Crippen LogP contribution in [0.5, 0.6) is 0 Å². The second-order valence-electron chi connectivity index (χ2n) is 22.0. The molecule has 0 N–H and O–H groups in total. The summed E-state index contributed by atoms with van der Waals surface area (Å²) in [4.78, 5) is 38.3. The molecule has 0 fully saturated rings. The van der Waals surface area contributed by atoms with Crippen molar-refractivity contribution in [3.8, 4) is 0 Å². The Kier molecular flexibility index (Phi) is 63.3. The van der Waals surface area contributed by atoms with Crippen molar-refractivity contribution in [2.75, 3.05) is 13.2 Å². The molecule has 0 rings (SSSR count). The highest BCUT2D eigenvalue weighted by atomic mass is 16.6. The van der Waals surface area contributed by atoms with Crippen LogP contribution < -0.4 is 0 Å². The van der Waals surface area contributed by atoms with E-state index in [0.29, 0.717) is 19.3 Å². The van der Waals surface area contributed by atoms with Crippen LogP contribution in [-0.4, -0.2) is 37.2 Å². The maximum atomic E-state index is 12.9. The van der Waals surface area contributed by atoms with E-state index in [9.17, 15) is 14.4 Å². The van der Waals surface area contributed by atoms with Crippen LogP contribution in [0.1, 0.15) is 316 Å². The minimum absolute atomic E-state index is 0.0887. The molecule has 0 aliphatic rings. The fourth-order valence-corrected chi connectivity index (χ4v) is 9.28. The molecular formula is C73H124O6. The molecule has 0 saturated carbocycles. The molecule has 0 spiro atoms. The van der Waals surface area contributed by atoms with E-state index >= 15 is 0 Å². The lowest BCUT2D eigenvalue weighted by Gasteiger charge is -2.18. The summed E-state index contributed by atoms with van der Waals surface area (Å²) in [5.41, 5.74) is 0. The van der Waals surface area contributed by atoms with Gasteiger partial charge < -0.3 is 14.2 Å². The van der Waals surface area contributed by atoms with Crippen molar-refractivity contribution in [1.82, 2.24) is 0 Å². The average Bonchev–Trinajstić information content (AvgIpc) is 3.45. The molecule has 0 heterocycles. The lowest BCUT2D eigenvalue weighted by atomic mass is 10.0. The number of carbonyl (C=O) groups is 3. The molecular weight excluding hydrogens is 973 g/mol. The number of carbonyl (C=O) groups excluding carboxylic acids is 3. The van der Waals surface area contributed by atoms with E-state index in [1.807, 2.05) is 0 Å². The Morgan fingerprint density at radius 2 is 0.494 bits per heavy atom. The summed E-state index contributed by atoms with van der Waals surface area (Å²) in [6, 6.07) is 0. The molecule has 1 unspecified atom stereocenters. The number of ether oxygens (including phenoxy) is 3. The number of hydrogen-bond acceptors (Lipinski definition) is 6. The molecule has 0 amide bonds. The van der Waals surface area contributed by atoms with E-state index in [0.717, 1.165) is 128 Å². The summed E-state index contributed by atoms with van der Waals surface area (Å²) in [5.74, 6) is -0.911. The fraction of sp³-hybridized carbons (Fsp3) is 0.712. The standard InChI is InChI=1S/C73H124O6/c1-4-7-10-13-16-19-22-25-27-29-31-32-33-34-35-36-37-38-39-40-42-43-45-48-51-54-57-60-63-66-72(75)78-69-70(68-77-71(74)65-62-59-56-53-50-47-24-21-18-15-12-9-6-3)79-73(76)67-64-61-58-55-52-49-46-44-41-30-28-26-23-20-17-14-11-8-5-2/h7,10,16,19,21,24-25,27,31-32,34-35,37-38,40,42,45,48,70H,4-6,8-9,11-15,17-18,20,22-23,26,28-30,33,36,39,41,43-44,46-47,49-69H2,1-3H3/b10-7-,19-16-,24-21-,27-25-,32-31-,35-34-,38-37-,42-40-,48-45-. The smallest absolute Gasteiger partial charge is 0.306 e. The zero-order chi connectivity index (χ0) is 57.1. The highest BCUT2D eigenvalue weighted by Crippen LogP contribution is 2.17. The predicted octanol–water partition coefficient (Wildman–Crippen LogP) is 23.0. The first-order valence-electron chi connectivity index (χ1n) is 33.4. The number of allylic oxidation sites excluding steroid dienone is 18. The van der Waals surface area contributed by atoms with Crippen LogP contribution in [0, 0.1) is 0 Å². The minimum atomic E-state index is -0.793. The highest BCUT2D eigenvalue weighted by Gasteiger charge is 2.19. The van der Waals surface area contributed by atoms with Gasteiger partial charge in [-0.2, -0.15) is 0 Å². The molecule has 0 aliphatic carbocycles. The Hall–Kier alpha value is -3.93. The van der Waals surface area contributed by atoms with Gasteiger partial charge in [0, 0.05) is 19.3 Å². The van der Waals surface area contributed by atoms with Gasteiger partial charge in [0.15, 0.2) is 6.10 Å². The van der Waals surface area contributed by atoms with Crippen LogP contribution >= 0.6 is 0 Å². The third-order valence-electron chi connectivity index (χ3n) is 14.3. The average molecular weight is 1100 g/mol. The summed E-state index contributed by atoms with van der Waals surface area (Å²) >= 11 is 0. The van der Waals surface area contributed by atoms with Crippen molar-refractivity contribution in [2.45, 2.75) is 322 Å². The first-order valence-corrected chi connectivity index (χ1v) is 33.4. The van der Waals surface area contributed by atoms with Crippen LogP contribution in [0.2, 0.25) is 0 Å². The van der Waals surface area contributed by atoms with Gasteiger partial charge in [0.2, 0.25) is 0 Å². The maximum Gasteiger partial charge on any atom is 0.306 e. The van der Waals surface area contributed by atoms with Crippen LogP contribution in [-0.2, 0) is 28.6 Å². The second-order valence-corrected chi connectivity index (χ2v) is 22.0. The number of hydrogen-bond donors (Lipinski definition) is 0. The summed E-state index contributed by atoms with van der Waals surface area (Å²) in [6.07, 6.45) is 91.0. The fourth-order valence-electron chi connectivity index (χ4n) is 9.28. The molecule has 0 aromatic carbocycles. The second kappa shape index (κ2) is 66.6. The van der Waals surface area contributed by atoms with Gasteiger partial charge in [0.1, 0.15) is 13.2 Å². The quantitative estimate of drug-likeness (QED) is 0.0261. The highest BCUT2D eigenvalue weighted by molar-refractivity contribution is 5.71. The normalized spacial score (nSPS) is 12.8. The Bertz CT molecular complexity index is 1590. The molecule has 0 saturated heterocycles. The lowest BCUT2D eigenvalue weighted by Crippen LogP contribution is -2.30. The van der Waals surface area contributed by atoms with Crippen LogP contribution in [0.3, 0.4) is 0 Å². The molecule has 1 atom stereocenters. The van der Waals surface area contributed by atoms with E-state index in [4.69, 9.17) is 14.2 Å². The van der Waals surface area contributed by atoms with Gasteiger partial charge in [0.05, 0.1) is 0 Å². The molecule has 0 radical (unpaired) electrons. The molecule has 0 aromatic heterocycles. The van der Waals surface area contributed by atoms with Crippen LogP contribution in [0.4, 0.5) is 0 Å². The molecule has 6 nitrogen and oxygen atoms in total. The van der Waals surface area contributed by atoms with Crippen molar-refractivity contribution < 1.29 is 28.6 Å². The predicted molar refractivity (Wildman–Crippen MR) is 343 cm³/mol. The monoisotopic (exact) mass is 1100 g/mol. The topological polar surface area (TPSA) is 78.9 Å². The molecule has 0 aromatic rings. The van der Waals surface area contributed by atoms with Crippen molar-refractivity contribution in [2.24, 2.45) is 0 Å². The Labute approximate surface area is 489 Å². The minimum Gasteiger partial charge on any atom is -0.462 e. The maximum absolute atomic E-state index is 12.9. The molecule has 79 heavy (non-hydrogen) atoms. The first-order chi connectivity index (χ1) is 39.0. The Morgan fingerprint density at radius 3 is 0.797 bits per heavy atom. The van der Waals surface area contributed by atoms with Gasteiger partial charge in [0.25, 0.3) is 0 Å². The number of unbranched alkanes of at least 4 members (excludes halogenated alkanes) is 31. The van der Waals surface area contributed by atoms with Gasteiger partial charge in [-0.1, -0.05) is 297 Å². The number of rotatable bonds is 60. The Balaban J connectivity index is 4.37. The van der Waals surface area contributed by atoms with Crippen molar-refractivity contribution in [3.05, 3.63) is 109 Å². The van der Waals surface area contributed by atoms with Gasteiger partial charge in [-0.3, -0.25) is 14.4 Å². The summed E-state index contributed by atoms with van der Waals surface area (Å²) < 4.78 is 16.9. The van der Waals surface area contributed by atoms with E-state index in [1.54, 1.807) is 0 Å². The number of esters is 3. The van der Waals surface area contributed by atoms with E-state index in [2.05, 4.69) is 130 Å². The Morgan fingerprint density at radius 1 is 0.266 bits per heavy atom. The van der Waals surface area contributed by atoms with Gasteiger partial charge in [-0.25, -0.2) is 0 Å². The van der Waals surface area contributed by atoms with Crippen LogP contribution in [0.25, 0.3) is 0 Å². The third-order valence-corrected chi connectivity index (χ3v) is 14.3. The van der Waals surface area contributed by atoms with Crippen LogP contribution in [0.15, 0.2) is 109 Å². The summed E-state index contributed by atoms with van der Waals surface area (Å²) in [7, 11) is 0. The largest absolute Gasteiger partial charge is 0.462 e. The van der Waals surface area contributed by atoms with Crippen molar-refractivity contribution in [1.29, 1.82) is 0 Å². The SMILES string of the molecule is CC/C=C\C/C=C\C/C=C\C/C=C\C/C=C\C/C=C\C/C=C\C/C=C\CCCCCCC(=O)OCC(COC(=O)CCCCCCC/C=C\CCCCCC)OC(=O)CCCCCCCCCCCCCCCCCCCCC. The van der Waals surface area contributed by atoms with E-state index in [-0.39, 0.29) is 31.1 Å².